The Bertz CT molecular complexity index is 919. The molecular weight excluding hydrogens is 437 g/mol. The fourth-order valence-electron chi connectivity index (χ4n) is 2.53. The molecule has 0 aliphatic rings. The minimum atomic E-state index is -0.888. The lowest BCUT2D eigenvalue weighted by molar-refractivity contribution is -0.124. The normalized spacial score (nSPS) is 11.7. The second-order valence-electron chi connectivity index (χ2n) is 6.70. The van der Waals surface area contributed by atoms with E-state index in [0.29, 0.717) is 11.4 Å². The van der Waals surface area contributed by atoms with Crippen molar-refractivity contribution in [2.24, 2.45) is 5.92 Å². The number of hydrazine groups is 1. The molecule has 0 bridgehead atoms. The smallest absolute Gasteiger partial charge is 0.271 e. The Labute approximate surface area is 183 Å². The lowest BCUT2D eigenvalue weighted by Crippen LogP contribution is -2.52. The Kier molecular flexibility index (Phi) is 8.32. The lowest BCUT2D eigenvalue weighted by Gasteiger charge is -2.21. The molecular formula is C20H20Cl3N3O3. The number of hydrogen-bond donors (Lipinski definition) is 3. The van der Waals surface area contributed by atoms with Crippen molar-refractivity contribution in [3.63, 3.8) is 0 Å². The number of benzene rings is 2. The molecule has 0 aromatic heterocycles. The molecule has 0 spiro atoms. The molecule has 0 heterocycles. The van der Waals surface area contributed by atoms with Gasteiger partial charge in [-0.05, 0) is 42.7 Å². The molecule has 29 heavy (non-hydrogen) atoms. The van der Waals surface area contributed by atoms with Crippen LogP contribution in [0.25, 0.3) is 0 Å². The zero-order valence-electron chi connectivity index (χ0n) is 15.8. The van der Waals surface area contributed by atoms with Crippen molar-refractivity contribution >= 4 is 52.5 Å². The first-order valence-corrected chi connectivity index (χ1v) is 9.93. The average molecular weight is 457 g/mol. The summed E-state index contributed by atoms with van der Waals surface area (Å²) in [6, 6.07) is 10.00. The third kappa shape index (κ3) is 6.63. The zero-order valence-corrected chi connectivity index (χ0v) is 18.0. The lowest BCUT2D eigenvalue weighted by atomic mass is 10.0. The van der Waals surface area contributed by atoms with Gasteiger partial charge in [-0.1, -0.05) is 60.8 Å². The van der Waals surface area contributed by atoms with Crippen LogP contribution < -0.4 is 16.2 Å². The fourth-order valence-corrected chi connectivity index (χ4v) is 3.25. The van der Waals surface area contributed by atoms with Gasteiger partial charge in [0.05, 0.1) is 21.2 Å². The van der Waals surface area contributed by atoms with Crippen LogP contribution in [0.2, 0.25) is 15.1 Å². The van der Waals surface area contributed by atoms with E-state index in [1.165, 1.54) is 24.3 Å². The highest BCUT2D eigenvalue weighted by molar-refractivity contribution is 6.36. The maximum atomic E-state index is 12.6. The second kappa shape index (κ2) is 10.5. The van der Waals surface area contributed by atoms with Crippen molar-refractivity contribution in [2.75, 3.05) is 0 Å². The van der Waals surface area contributed by atoms with Crippen LogP contribution in [0.4, 0.5) is 0 Å². The Morgan fingerprint density at radius 3 is 2.14 bits per heavy atom. The third-order valence-corrected chi connectivity index (χ3v) is 4.80. The summed E-state index contributed by atoms with van der Waals surface area (Å²) < 4.78 is 0. The van der Waals surface area contributed by atoms with Gasteiger partial charge in [-0.25, -0.2) is 0 Å². The van der Waals surface area contributed by atoms with Gasteiger partial charge in [0, 0.05) is 5.02 Å². The molecule has 0 aliphatic carbocycles. The van der Waals surface area contributed by atoms with Gasteiger partial charge in [0.25, 0.3) is 17.7 Å². The predicted molar refractivity (Wildman–Crippen MR) is 114 cm³/mol. The number of rotatable bonds is 6. The first kappa shape index (κ1) is 23.0. The van der Waals surface area contributed by atoms with E-state index in [4.69, 9.17) is 34.8 Å². The van der Waals surface area contributed by atoms with Gasteiger partial charge in [0.1, 0.15) is 6.04 Å². The molecule has 2 aromatic rings. The van der Waals surface area contributed by atoms with Crippen LogP contribution in [0.5, 0.6) is 0 Å². The van der Waals surface area contributed by atoms with Crippen molar-refractivity contribution in [1.29, 1.82) is 0 Å². The van der Waals surface area contributed by atoms with E-state index in [9.17, 15) is 14.4 Å². The quantitative estimate of drug-likeness (QED) is 0.568. The van der Waals surface area contributed by atoms with Gasteiger partial charge in [0.15, 0.2) is 0 Å². The molecule has 0 saturated carbocycles. The van der Waals surface area contributed by atoms with E-state index in [2.05, 4.69) is 16.2 Å². The van der Waals surface area contributed by atoms with Crippen LogP contribution in [-0.2, 0) is 4.79 Å². The van der Waals surface area contributed by atoms with Crippen molar-refractivity contribution in [3.05, 3.63) is 68.7 Å². The molecule has 0 fully saturated rings. The number of nitrogens with one attached hydrogen (secondary N) is 3. The summed E-state index contributed by atoms with van der Waals surface area (Å²) in [4.78, 5) is 37.3. The number of amides is 3. The molecule has 154 valence electrons. The third-order valence-electron chi connectivity index (χ3n) is 3.92. The zero-order chi connectivity index (χ0) is 21.6. The number of halogens is 3. The van der Waals surface area contributed by atoms with Crippen LogP contribution in [0.3, 0.4) is 0 Å². The van der Waals surface area contributed by atoms with E-state index in [-0.39, 0.29) is 27.1 Å². The molecule has 3 N–H and O–H groups in total. The van der Waals surface area contributed by atoms with Crippen molar-refractivity contribution < 1.29 is 14.4 Å². The van der Waals surface area contributed by atoms with Crippen LogP contribution >= 0.6 is 34.8 Å². The Balaban J connectivity index is 2.06. The molecule has 0 saturated heterocycles. The van der Waals surface area contributed by atoms with E-state index < -0.39 is 23.8 Å². The summed E-state index contributed by atoms with van der Waals surface area (Å²) in [6.07, 6.45) is 0.352. The molecule has 1 atom stereocenters. The van der Waals surface area contributed by atoms with E-state index in [1.807, 2.05) is 13.8 Å². The second-order valence-corrected chi connectivity index (χ2v) is 7.95. The van der Waals surface area contributed by atoms with Crippen LogP contribution in [0, 0.1) is 5.92 Å². The van der Waals surface area contributed by atoms with E-state index in [1.54, 1.807) is 18.2 Å². The van der Waals surface area contributed by atoms with Crippen LogP contribution in [0.15, 0.2) is 42.5 Å². The molecule has 6 nitrogen and oxygen atoms in total. The van der Waals surface area contributed by atoms with Crippen molar-refractivity contribution in [3.8, 4) is 0 Å². The Hall–Kier alpha value is -2.28. The fraction of sp³-hybridized carbons (Fsp3) is 0.250. The maximum absolute atomic E-state index is 12.6. The highest BCUT2D eigenvalue weighted by Gasteiger charge is 2.24. The Morgan fingerprint density at radius 2 is 1.52 bits per heavy atom. The number of hydrogen-bond acceptors (Lipinski definition) is 3. The maximum Gasteiger partial charge on any atom is 0.271 e. The van der Waals surface area contributed by atoms with Gasteiger partial charge in [-0.2, -0.15) is 0 Å². The molecule has 0 unspecified atom stereocenters. The predicted octanol–water partition coefficient (Wildman–Crippen LogP) is 4.25. The summed E-state index contributed by atoms with van der Waals surface area (Å²) in [6.45, 7) is 3.81. The molecule has 9 heteroatoms. The minimum Gasteiger partial charge on any atom is -0.340 e. The monoisotopic (exact) mass is 455 g/mol. The summed E-state index contributed by atoms with van der Waals surface area (Å²) in [5, 5.41) is 3.46. The summed E-state index contributed by atoms with van der Waals surface area (Å²) in [5.41, 5.74) is 5.04. The number of carbonyl (C=O) groups is 3. The van der Waals surface area contributed by atoms with Gasteiger partial charge in [-0.15, -0.1) is 0 Å². The van der Waals surface area contributed by atoms with E-state index >= 15 is 0 Å². The largest absolute Gasteiger partial charge is 0.340 e. The van der Waals surface area contributed by atoms with Crippen LogP contribution in [-0.4, -0.2) is 23.8 Å². The van der Waals surface area contributed by atoms with Gasteiger partial charge < -0.3 is 5.32 Å². The number of carbonyl (C=O) groups excluding carboxylic acids is 3. The summed E-state index contributed by atoms with van der Waals surface area (Å²) in [7, 11) is 0. The van der Waals surface area contributed by atoms with Gasteiger partial charge in [0.2, 0.25) is 0 Å². The molecule has 3 amide bonds. The molecule has 0 radical (unpaired) electrons. The van der Waals surface area contributed by atoms with Crippen molar-refractivity contribution in [1.82, 2.24) is 16.2 Å². The first-order valence-electron chi connectivity index (χ1n) is 8.79. The Morgan fingerprint density at radius 1 is 0.862 bits per heavy atom. The molecule has 0 aliphatic heterocycles. The summed E-state index contributed by atoms with van der Waals surface area (Å²) in [5.74, 6) is -1.56. The van der Waals surface area contributed by atoms with Crippen LogP contribution in [0.1, 0.15) is 41.0 Å². The SMILES string of the molecule is CC(C)C[C@H](NC(=O)c1ccc(Cl)cc1Cl)C(=O)NNC(=O)c1ccccc1Cl. The highest BCUT2D eigenvalue weighted by atomic mass is 35.5. The van der Waals surface area contributed by atoms with Gasteiger partial charge >= 0.3 is 0 Å². The topological polar surface area (TPSA) is 87.3 Å². The first-order chi connectivity index (χ1) is 13.7. The standard InChI is InChI=1S/C20H20Cl3N3O3/c1-11(2)9-17(24-18(27)14-8-7-12(21)10-16(14)23)20(29)26-25-19(28)13-5-3-4-6-15(13)22/h3-8,10-11,17H,9H2,1-2H3,(H,24,27)(H,25,28)(H,26,29)/t17-/m0/s1. The van der Waals surface area contributed by atoms with Gasteiger partial charge in [-0.3, -0.25) is 25.2 Å². The van der Waals surface area contributed by atoms with E-state index in [0.717, 1.165) is 0 Å². The summed E-state index contributed by atoms with van der Waals surface area (Å²) >= 11 is 17.9. The highest BCUT2D eigenvalue weighted by Crippen LogP contribution is 2.21. The average Bonchev–Trinajstić information content (AvgIpc) is 2.65. The molecule has 2 aromatic carbocycles. The molecule has 2 rings (SSSR count). The van der Waals surface area contributed by atoms with Crippen molar-refractivity contribution in [2.45, 2.75) is 26.3 Å². The minimum absolute atomic E-state index is 0.103.